The van der Waals surface area contributed by atoms with Crippen molar-refractivity contribution in [3.8, 4) is 5.82 Å². The molecule has 0 aromatic carbocycles. The van der Waals surface area contributed by atoms with Crippen molar-refractivity contribution >= 4 is 5.69 Å². The summed E-state index contributed by atoms with van der Waals surface area (Å²) in [6, 6.07) is 3.74. The molecule has 4 nitrogen and oxygen atoms in total. The Morgan fingerprint density at radius 2 is 2.20 bits per heavy atom. The van der Waals surface area contributed by atoms with Crippen LogP contribution in [-0.4, -0.2) is 14.5 Å². The van der Waals surface area contributed by atoms with Crippen LogP contribution in [0.1, 0.15) is 19.2 Å². The van der Waals surface area contributed by atoms with Crippen LogP contribution >= 0.6 is 0 Å². The van der Waals surface area contributed by atoms with Gasteiger partial charge in [-0.25, -0.2) is 9.97 Å². The molecule has 0 spiro atoms. The Bertz CT molecular complexity index is 430. The van der Waals surface area contributed by atoms with E-state index in [4.69, 9.17) is 5.73 Å². The lowest BCUT2D eigenvalue weighted by molar-refractivity contribution is 0.798. The first-order chi connectivity index (χ1) is 7.31. The van der Waals surface area contributed by atoms with Crippen molar-refractivity contribution < 1.29 is 0 Å². The van der Waals surface area contributed by atoms with Crippen molar-refractivity contribution in [3.05, 3.63) is 36.5 Å². The van der Waals surface area contributed by atoms with Gasteiger partial charge >= 0.3 is 0 Å². The van der Waals surface area contributed by atoms with Crippen LogP contribution in [0.25, 0.3) is 5.82 Å². The molecular weight excluding hydrogens is 188 g/mol. The van der Waals surface area contributed by atoms with Crippen LogP contribution in [0.15, 0.2) is 30.7 Å². The number of anilines is 1. The van der Waals surface area contributed by atoms with Crippen molar-refractivity contribution in [2.75, 3.05) is 5.73 Å². The van der Waals surface area contributed by atoms with E-state index < -0.39 is 0 Å². The third-order valence-corrected chi connectivity index (χ3v) is 2.21. The van der Waals surface area contributed by atoms with Crippen molar-refractivity contribution in [2.24, 2.45) is 0 Å². The fourth-order valence-corrected chi connectivity index (χ4v) is 1.49. The molecule has 0 aliphatic carbocycles. The van der Waals surface area contributed by atoms with Gasteiger partial charge in [0.2, 0.25) is 0 Å². The van der Waals surface area contributed by atoms with Crippen LogP contribution in [0, 0.1) is 0 Å². The van der Waals surface area contributed by atoms with Gasteiger partial charge in [0.25, 0.3) is 0 Å². The van der Waals surface area contributed by atoms with Crippen LogP contribution in [0.3, 0.4) is 0 Å². The maximum atomic E-state index is 5.59. The van der Waals surface area contributed by atoms with E-state index in [-0.39, 0.29) is 0 Å². The number of nitrogens with two attached hydrogens (primary N) is 1. The summed E-state index contributed by atoms with van der Waals surface area (Å²) in [5.41, 5.74) is 6.27. The summed E-state index contributed by atoms with van der Waals surface area (Å²) in [5, 5.41) is 0. The second kappa shape index (κ2) is 4.13. The van der Waals surface area contributed by atoms with E-state index in [2.05, 4.69) is 16.9 Å². The summed E-state index contributed by atoms with van der Waals surface area (Å²) < 4.78 is 1.99. The normalized spacial score (nSPS) is 10.5. The van der Waals surface area contributed by atoms with Gasteiger partial charge in [-0.05, 0) is 18.6 Å². The van der Waals surface area contributed by atoms with Gasteiger partial charge < -0.3 is 5.73 Å². The van der Waals surface area contributed by atoms with Crippen LogP contribution < -0.4 is 5.73 Å². The van der Waals surface area contributed by atoms with Gasteiger partial charge in [0.1, 0.15) is 11.6 Å². The Morgan fingerprint density at radius 1 is 1.33 bits per heavy atom. The standard InChI is InChI=1S/C11H14N4/c1-2-3-10-13-6-7-15(10)11-5-4-9(12)8-14-11/h4-8H,2-3,12H2,1H3. The average Bonchev–Trinajstić information content (AvgIpc) is 2.68. The number of pyridine rings is 1. The maximum absolute atomic E-state index is 5.59. The zero-order valence-corrected chi connectivity index (χ0v) is 8.72. The lowest BCUT2D eigenvalue weighted by Crippen LogP contribution is -2.02. The van der Waals surface area contributed by atoms with E-state index in [1.54, 1.807) is 12.4 Å². The topological polar surface area (TPSA) is 56.7 Å². The average molecular weight is 202 g/mol. The van der Waals surface area contributed by atoms with E-state index in [9.17, 15) is 0 Å². The van der Waals surface area contributed by atoms with Crippen molar-refractivity contribution in [1.29, 1.82) is 0 Å². The first-order valence-corrected chi connectivity index (χ1v) is 5.05. The first-order valence-electron chi connectivity index (χ1n) is 5.05. The fraction of sp³-hybridized carbons (Fsp3) is 0.273. The minimum atomic E-state index is 0.677. The zero-order valence-electron chi connectivity index (χ0n) is 8.72. The smallest absolute Gasteiger partial charge is 0.138 e. The van der Waals surface area contributed by atoms with Gasteiger partial charge in [-0.2, -0.15) is 0 Å². The van der Waals surface area contributed by atoms with Crippen LogP contribution in [-0.2, 0) is 6.42 Å². The highest BCUT2D eigenvalue weighted by atomic mass is 15.1. The monoisotopic (exact) mass is 202 g/mol. The molecule has 0 atom stereocenters. The molecule has 0 saturated heterocycles. The molecule has 78 valence electrons. The molecule has 0 amide bonds. The Morgan fingerprint density at radius 3 is 2.87 bits per heavy atom. The first kappa shape index (κ1) is 9.71. The molecule has 2 aromatic heterocycles. The van der Waals surface area contributed by atoms with Gasteiger partial charge in [-0.15, -0.1) is 0 Å². The summed E-state index contributed by atoms with van der Waals surface area (Å²) in [7, 11) is 0. The summed E-state index contributed by atoms with van der Waals surface area (Å²) in [5.74, 6) is 1.90. The number of rotatable bonds is 3. The van der Waals surface area contributed by atoms with E-state index in [1.165, 1.54) is 0 Å². The number of hydrogen-bond donors (Lipinski definition) is 1. The Hall–Kier alpha value is -1.84. The van der Waals surface area contributed by atoms with E-state index in [0.717, 1.165) is 24.5 Å². The number of nitrogens with zero attached hydrogens (tertiary/aromatic N) is 3. The summed E-state index contributed by atoms with van der Waals surface area (Å²) in [6.45, 7) is 2.13. The highest BCUT2D eigenvalue weighted by Crippen LogP contribution is 2.10. The number of hydrogen-bond acceptors (Lipinski definition) is 3. The molecule has 4 heteroatoms. The molecule has 0 saturated carbocycles. The second-order valence-corrected chi connectivity index (χ2v) is 3.41. The molecule has 0 aliphatic heterocycles. The molecule has 15 heavy (non-hydrogen) atoms. The van der Waals surface area contributed by atoms with Crippen molar-refractivity contribution in [2.45, 2.75) is 19.8 Å². The molecule has 2 heterocycles. The molecule has 0 bridgehead atoms. The Balaban J connectivity index is 2.36. The van der Waals surface area contributed by atoms with Gasteiger partial charge in [-0.1, -0.05) is 6.92 Å². The van der Waals surface area contributed by atoms with Crippen LogP contribution in [0.2, 0.25) is 0 Å². The number of aryl methyl sites for hydroxylation is 1. The maximum Gasteiger partial charge on any atom is 0.138 e. The van der Waals surface area contributed by atoms with Crippen LogP contribution in [0.4, 0.5) is 5.69 Å². The molecule has 0 radical (unpaired) electrons. The lowest BCUT2D eigenvalue weighted by atomic mass is 10.3. The summed E-state index contributed by atoms with van der Waals surface area (Å²) in [6.07, 6.45) is 7.41. The summed E-state index contributed by atoms with van der Waals surface area (Å²) in [4.78, 5) is 8.56. The largest absolute Gasteiger partial charge is 0.397 e. The van der Waals surface area contributed by atoms with Gasteiger partial charge in [0.05, 0.1) is 11.9 Å². The lowest BCUT2D eigenvalue weighted by Gasteiger charge is -2.05. The highest BCUT2D eigenvalue weighted by molar-refractivity contribution is 5.39. The predicted octanol–water partition coefficient (Wildman–Crippen LogP) is 1.80. The molecule has 2 N–H and O–H groups in total. The van der Waals surface area contributed by atoms with E-state index in [0.29, 0.717) is 5.69 Å². The van der Waals surface area contributed by atoms with Gasteiger partial charge in [0, 0.05) is 18.8 Å². The summed E-state index contributed by atoms with van der Waals surface area (Å²) >= 11 is 0. The number of nitrogen functional groups attached to an aromatic ring is 1. The Kier molecular flexibility index (Phi) is 2.67. The van der Waals surface area contributed by atoms with Gasteiger partial charge in [-0.3, -0.25) is 4.57 Å². The van der Waals surface area contributed by atoms with Crippen molar-refractivity contribution in [3.63, 3.8) is 0 Å². The second-order valence-electron chi connectivity index (χ2n) is 3.41. The van der Waals surface area contributed by atoms with Crippen molar-refractivity contribution in [1.82, 2.24) is 14.5 Å². The molecule has 2 aromatic rings. The van der Waals surface area contributed by atoms with Crippen LogP contribution in [0.5, 0.6) is 0 Å². The SMILES string of the molecule is CCCc1nccn1-c1ccc(N)cn1. The third kappa shape index (κ3) is 1.98. The zero-order chi connectivity index (χ0) is 10.7. The van der Waals surface area contributed by atoms with E-state index in [1.807, 2.05) is 22.9 Å². The molecular formula is C11H14N4. The Labute approximate surface area is 88.8 Å². The minimum absolute atomic E-state index is 0.677. The molecule has 2 rings (SSSR count). The third-order valence-electron chi connectivity index (χ3n) is 2.21. The van der Waals surface area contributed by atoms with Gasteiger partial charge in [0.15, 0.2) is 0 Å². The van der Waals surface area contributed by atoms with E-state index >= 15 is 0 Å². The molecule has 0 aliphatic rings. The minimum Gasteiger partial charge on any atom is -0.397 e. The quantitative estimate of drug-likeness (QED) is 0.825. The molecule has 0 fully saturated rings. The fourth-order valence-electron chi connectivity index (χ4n) is 1.49. The number of aromatic nitrogens is 3. The highest BCUT2D eigenvalue weighted by Gasteiger charge is 2.04. The number of imidazole rings is 1. The predicted molar refractivity (Wildman–Crippen MR) is 59.8 cm³/mol. The molecule has 0 unspecified atom stereocenters.